The van der Waals surface area contributed by atoms with Crippen molar-refractivity contribution < 1.29 is 19.4 Å². The topological polar surface area (TPSA) is 59.0 Å². The molecule has 0 aromatic heterocycles. The van der Waals surface area contributed by atoms with Crippen LogP contribution in [-0.4, -0.2) is 48.7 Å². The molecule has 0 aliphatic rings. The zero-order chi connectivity index (χ0) is 18.9. The Kier molecular flexibility index (Phi) is 7.63. The average Bonchev–Trinajstić information content (AvgIpc) is 2.62. The molecule has 1 N–H and O–H groups in total. The summed E-state index contributed by atoms with van der Waals surface area (Å²) in [6.45, 7) is 5.52. The first-order valence-corrected chi connectivity index (χ1v) is 8.80. The van der Waals surface area contributed by atoms with Gasteiger partial charge >= 0.3 is 0 Å². The zero-order valence-corrected chi connectivity index (χ0v) is 15.6. The molecule has 5 nitrogen and oxygen atoms in total. The van der Waals surface area contributed by atoms with Gasteiger partial charge in [-0.15, -0.1) is 0 Å². The highest BCUT2D eigenvalue weighted by molar-refractivity contribution is 5.94. The monoisotopic (exact) mass is 357 g/mol. The molecule has 1 atom stereocenters. The smallest absolute Gasteiger partial charge is 0.159 e. The highest BCUT2D eigenvalue weighted by atomic mass is 16.5. The van der Waals surface area contributed by atoms with Crippen LogP contribution in [0.15, 0.2) is 48.5 Å². The summed E-state index contributed by atoms with van der Waals surface area (Å²) in [7, 11) is 1.95. The molecule has 0 aliphatic carbocycles. The van der Waals surface area contributed by atoms with Crippen LogP contribution in [0.5, 0.6) is 11.5 Å². The number of benzene rings is 2. The van der Waals surface area contributed by atoms with Gasteiger partial charge in [-0.25, -0.2) is 0 Å². The quantitative estimate of drug-likeness (QED) is 0.662. The number of ketones is 1. The molecule has 0 saturated heterocycles. The van der Waals surface area contributed by atoms with Gasteiger partial charge in [0, 0.05) is 18.7 Å². The molecular formula is C21H27NO4. The summed E-state index contributed by atoms with van der Waals surface area (Å²) in [6.07, 6.45) is -0.622. The van der Waals surface area contributed by atoms with Crippen LogP contribution < -0.4 is 9.47 Å². The van der Waals surface area contributed by atoms with E-state index in [1.165, 1.54) is 6.92 Å². The van der Waals surface area contributed by atoms with Crippen molar-refractivity contribution in [1.29, 1.82) is 0 Å². The minimum atomic E-state index is -0.622. The number of Topliss-reactive ketones (excluding diaryl/α,β-unsaturated/α-hetero) is 1. The molecule has 140 valence electrons. The van der Waals surface area contributed by atoms with Crippen LogP contribution in [0.2, 0.25) is 0 Å². The molecule has 2 aromatic rings. The van der Waals surface area contributed by atoms with Gasteiger partial charge in [-0.05, 0) is 50.7 Å². The molecule has 2 rings (SSSR count). The van der Waals surface area contributed by atoms with Crippen molar-refractivity contribution in [2.75, 3.05) is 26.8 Å². The van der Waals surface area contributed by atoms with E-state index in [0.717, 1.165) is 17.9 Å². The fraction of sp³-hybridized carbons (Fsp3) is 0.381. The van der Waals surface area contributed by atoms with Gasteiger partial charge in [0.2, 0.25) is 0 Å². The highest BCUT2D eigenvalue weighted by Crippen LogP contribution is 2.15. The van der Waals surface area contributed by atoms with Crippen LogP contribution in [0, 0.1) is 0 Å². The molecule has 0 unspecified atom stereocenters. The first-order chi connectivity index (χ1) is 12.5. The van der Waals surface area contributed by atoms with E-state index in [4.69, 9.17) is 9.47 Å². The number of likely N-dealkylation sites (N-methyl/N-ethyl adjacent to an activating group) is 1. The SMILES string of the molecule is CCOc1ccc(CN(C)C[C@@H](O)COc2cccc(C(C)=O)c2)cc1. The van der Waals surface area contributed by atoms with Crippen LogP contribution in [-0.2, 0) is 6.54 Å². The third kappa shape index (κ3) is 6.50. The van der Waals surface area contributed by atoms with E-state index < -0.39 is 6.10 Å². The number of rotatable bonds is 10. The fourth-order valence-electron chi connectivity index (χ4n) is 2.64. The molecule has 2 aromatic carbocycles. The van der Waals surface area contributed by atoms with Gasteiger partial charge in [-0.3, -0.25) is 9.69 Å². The number of hydrogen-bond acceptors (Lipinski definition) is 5. The largest absolute Gasteiger partial charge is 0.494 e. The standard InChI is InChI=1S/C21H27NO4/c1-4-25-20-10-8-17(9-11-20)13-22(3)14-19(24)15-26-21-7-5-6-18(12-21)16(2)23/h5-12,19,24H,4,13-15H2,1-3H3/t19-/m1/s1. The normalized spacial score (nSPS) is 12.0. The number of carbonyl (C=O) groups excluding carboxylic acids is 1. The van der Waals surface area contributed by atoms with Crippen molar-refractivity contribution in [1.82, 2.24) is 4.90 Å². The zero-order valence-electron chi connectivity index (χ0n) is 15.6. The van der Waals surface area contributed by atoms with E-state index >= 15 is 0 Å². The van der Waals surface area contributed by atoms with Crippen LogP contribution >= 0.6 is 0 Å². The molecule has 0 saturated carbocycles. The van der Waals surface area contributed by atoms with Crippen molar-refractivity contribution in [3.8, 4) is 11.5 Å². The maximum atomic E-state index is 11.4. The van der Waals surface area contributed by atoms with E-state index in [1.54, 1.807) is 24.3 Å². The summed E-state index contributed by atoms with van der Waals surface area (Å²) in [6, 6.07) is 15.0. The Hall–Kier alpha value is -2.37. The average molecular weight is 357 g/mol. The van der Waals surface area contributed by atoms with Gasteiger partial charge in [0.15, 0.2) is 5.78 Å². The predicted octanol–water partition coefficient (Wildman–Crippen LogP) is 3.16. The molecule has 0 aliphatic heterocycles. The maximum absolute atomic E-state index is 11.4. The third-order valence-corrected chi connectivity index (χ3v) is 3.89. The Morgan fingerprint density at radius 2 is 1.85 bits per heavy atom. The maximum Gasteiger partial charge on any atom is 0.159 e. The van der Waals surface area contributed by atoms with Crippen LogP contribution in [0.1, 0.15) is 29.8 Å². The number of hydrogen-bond donors (Lipinski definition) is 1. The van der Waals surface area contributed by atoms with Gasteiger partial charge in [0.05, 0.1) is 6.61 Å². The summed E-state index contributed by atoms with van der Waals surface area (Å²) >= 11 is 0. The summed E-state index contributed by atoms with van der Waals surface area (Å²) in [5.74, 6) is 1.44. The molecule has 0 bridgehead atoms. The fourth-order valence-corrected chi connectivity index (χ4v) is 2.64. The second-order valence-corrected chi connectivity index (χ2v) is 6.32. The summed E-state index contributed by atoms with van der Waals surface area (Å²) in [5, 5.41) is 10.2. The highest BCUT2D eigenvalue weighted by Gasteiger charge is 2.10. The minimum Gasteiger partial charge on any atom is -0.494 e. The summed E-state index contributed by atoms with van der Waals surface area (Å²) < 4.78 is 11.0. The predicted molar refractivity (Wildman–Crippen MR) is 102 cm³/mol. The lowest BCUT2D eigenvalue weighted by molar-refractivity contribution is 0.0743. The molecule has 0 spiro atoms. The first-order valence-electron chi connectivity index (χ1n) is 8.80. The van der Waals surface area contributed by atoms with Crippen LogP contribution in [0.25, 0.3) is 0 Å². The Morgan fingerprint density at radius 3 is 2.50 bits per heavy atom. The van der Waals surface area contributed by atoms with Crippen molar-refractivity contribution in [3.63, 3.8) is 0 Å². The van der Waals surface area contributed by atoms with E-state index in [-0.39, 0.29) is 12.4 Å². The number of nitrogens with zero attached hydrogens (tertiary/aromatic N) is 1. The lowest BCUT2D eigenvalue weighted by Gasteiger charge is -2.21. The number of ether oxygens (including phenoxy) is 2. The second kappa shape index (κ2) is 9.94. The Bertz CT molecular complexity index is 699. The van der Waals surface area contributed by atoms with Gasteiger partial charge in [0.1, 0.15) is 24.2 Å². The van der Waals surface area contributed by atoms with Gasteiger partial charge in [-0.1, -0.05) is 24.3 Å². The Morgan fingerprint density at radius 1 is 1.12 bits per heavy atom. The van der Waals surface area contributed by atoms with Crippen molar-refractivity contribution in [2.24, 2.45) is 0 Å². The summed E-state index contributed by atoms with van der Waals surface area (Å²) in [4.78, 5) is 13.4. The van der Waals surface area contributed by atoms with E-state index in [9.17, 15) is 9.90 Å². The lowest BCUT2D eigenvalue weighted by atomic mass is 10.1. The van der Waals surface area contributed by atoms with Crippen LogP contribution in [0.3, 0.4) is 0 Å². The number of aliphatic hydroxyl groups is 1. The van der Waals surface area contributed by atoms with E-state index in [0.29, 0.717) is 24.5 Å². The second-order valence-electron chi connectivity index (χ2n) is 6.32. The molecule has 26 heavy (non-hydrogen) atoms. The van der Waals surface area contributed by atoms with Gasteiger partial charge in [-0.2, -0.15) is 0 Å². The Balaban J connectivity index is 1.78. The number of carbonyl (C=O) groups is 1. The summed E-state index contributed by atoms with van der Waals surface area (Å²) in [5.41, 5.74) is 1.75. The number of aliphatic hydroxyl groups excluding tert-OH is 1. The molecule has 5 heteroatoms. The van der Waals surface area contributed by atoms with Crippen LogP contribution in [0.4, 0.5) is 0 Å². The molecule has 0 radical (unpaired) electrons. The van der Waals surface area contributed by atoms with Gasteiger partial charge in [0.25, 0.3) is 0 Å². The molecule has 0 fully saturated rings. The lowest BCUT2D eigenvalue weighted by Crippen LogP contribution is -2.32. The van der Waals surface area contributed by atoms with Crippen molar-refractivity contribution in [2.45, 2.75) is 26.5 Å². The molecule has 0 heterocycles. The van der Waals surface area contributed by atoms with E-state index in [2.05, 4.69) is 0 Å². The van der Waals surface area contributed by atoms with E-state index in [1.807, 2.05) is 43.1 Å². The van der Waals surface area contributed by atoms with Crippen molar-refractivity contribution in [3.05, 3.63) is 59.7 Å². The third-order valence-electron chi connectivity index (χ3n) is 3.89. The first kappa shape index (κ1) is 19.9. The Labute approximate surface area is 155 Å². The molecule has 0 amide bonds. The van der Waals surface area contributed by atoms with Crippen molar-refractivity contribution >= 4 is 5.78 Å². The van der Waals surface area contributed by atoms with Gasteiger partial charge < -0.3 is 14.6 Å². The molecular weight excluding hydrogens is 330 g/mol. The minimum absolute atomic E-state index is 0.00825.